The van der Waals surface area contributed by atoms with E-state index in [2.05, 4.69) is 15.6 Å². The van der Waals surface area contributed by atoms with Crippen molar-refractivity contribution >= 4 is 11.9 Å². The Kier molecular flexibility index (Phi) is 8.96. The summed E-state index contributed by atoms with van der Waals surface area (Å²) in [6.45, 7) is 8.13. The number of nitrogens with one attached hydrogen (secondary N) is 2. The summed E-state index contributed by atoms with van der Waals surface area (Å²) in [4.78, 5) is 16.2. The molecular weight excluding hydrogens is 330 g/mol. The molecule has 6 nitrogen and oxygen atoms in total. The van der Waals surface area contributed by atoms with Crippen LogP contribution in [0.4, 0.5) is 0 Å². The molecule has 1 aromatic carbocycles. The Morgan fingerprint density at radius 3 is 2.62 bits per heavy atom. The van der Waals surface area contributed by atoms with E-state index >= 15 is 0 Å². The third kappa shape index (κ3) is 7.87. The van der Waals surface area contributed by atoms with Gasteiger partial charge < -0.3 is 20.1 Å². The number of benzene rings is 1. The van der Waals surface area contributed by atoms with Gasteiger partial charge in [-0.25, -0.2) is 9.79 Å². The summed E-state index contributed by atoms with van der Waals surface area (Å²) in [5.41, 5.74) is 1.61. The van der Waals surface area contributed by atoms with E-state index in [1.54, 1.807) is 19.1 Å². The maximum atomic E-state index is 11.7. The summed E-state index contributed by atoms with van der Waals surface area (Å²) in [6, 6.07) is 7.37. The molecule has 0 amide bonds. The molecule has 0 radical (unpaired) electrons. The van der Waals surface area contributed by atoms with Gasteiger partial charge in [0, 0.05) is 26.3 Å². The number of carbonyl (C=O) groups is 1. The minimum absolute atomic E-state index is 0.290. The van der Waals surface area contributed by atoms with Gasteiger partial charge in [0.1, 0.15) is 0 Å². The third-order valence-electron chi connectivity index (χ3n) is 4.04. The summed E-state index contributed by atoms with van der Waals surface area (Å²) in [6.07, 6.45) is 3.62. The molecule has 0 heterocycles. The first-order chi connectivity index (χ1) is 12.7. The van der Waals surface area contributed by atoms with Crippen LogP contribution in [0.5, 0.6) is 0 Å². The molecule has 0 atom stereocenters. The number of hydrogen-bond donors (Lipinski definition) is 2. The number of rotatable bonds is 11. The first-order valence-corrected chi connectivity index (χ1v) is 9.59. The van der Waals surface area contributed by atoms with Gasteiger partial charge in [-0.3, -0.25) is 0 Å². The molecule has 1 aliphatic carbocycles. The van der Waals surface area contributed by atoms with Crippen molar-refractivity contribution in [3.8, 4) is 0 Å². The minimum atomic E-state index is -0.290. The number of esters is 1. The van der Waals surface area contributed by atoms with Crippen LogP contribution in [-0.4, -0.2) is 44.8 Å². The topological polar surface area (TPSA) is 72.0 Å². The lowest BCUT2D eigenvalue weighted by Crippen LogP contribution is -2.38. The standard InChI is InChI=1S/C20H31N3O3/c1-3-21-20(22-12-5-13-25-15-17-6-7-17)23-14-16-8-10-18(11-9-16)19(24)26-4-2/h8-11,17H,3-7,12-15H2,1-2H3,(H2,21,22,23). The second-order valence-electron chi connectivity index (χ2n) is 6.41. The van der Waals surface area contributed by atoms with Crippen molar-refractivity contribution in [2.45, 2.75) is 39.7 Å². The first kappa shape index (κ1) is 20.2. The summed E-state index contributed by atoms with van der Waals surface area (Å²) in [5.74, 6) is 1.32. The second kappa shape index (κ2) is 11.5. The molecule has 1 fully saturated rings. The summed E-state index contributed by atoms with van der Waals surface area (Å²) < 4.78 is 10.6. The number of hydrogen-bond acceptors (Lipinski definition) is 4. The van der Waals surface area contributed by atoms with Crippen molar-refractivity contribution in [3.05, 3.63) is 35.4 Å². The van der Waals surface area contributed by atoms with Crippen LogP contribution < -0.4 is 10.6 Å². The zero-order valence-electron chi connectivity index (χ0n) is 15.9. The molecule has 6 heteroatoms. The molecular formula is C20H31N3O3. The van der Waals surface area contributed by atoms with E-state index in [1.165, 1.54) is 12.8 Å². The van der Waals surface area contributed by atoms with Crippen LogP contribution in [0.2, 0.25) is 0 Å². The highest BCUT2D eigenvalue weighted by molar-refractivity contribution is 5.89. The van der Waals surface area contributed by atoms with Crippen LogP contribution in [0.1, 0.15) is 49.0 Å². The number of aliphatic imine (C=N–C) groups is 1. The van der Waals surface area contributed by atoms with Crippen molar-refractivity contribution < 1.29 is 14.3 Å². The number of guanidine groups is 1. The average Bonchev–Trinajstić information content (AvgIpc) is 3.47. The van der Waals surface area contributed by atoms with Gasteiger partial charge in [-0.2, -0.15) is 0 Å². The molecule has 2 N–H and O–H groups in total. The van der Waals surface area contributed by atoms with Crippen molar-refractivity contribution in [1.29, 1.82) is 0 Å². The van der Waals surface area contributed by atoms with Gasteiger partial charge in [0.2, 0.25) is 0 Å². The lowest BCUT2D eigenvalue weighted by molar-refractivity contribution is 0.0526. The Hall–Kier alpha value is -2.08. The largest absolute Gasteiger partial charge is 0.462 e. The maximum Gasteiger partial charge on any atom is 0.338 e. The van der Waals surface area contributed by atoms with Crippen LogP contribution in [0.25, 0.3) is 0 Å². The van der Waals surface area contributed by atoms with E-state index in [0.29, 0.717) is 18.7 Å². The van der Waals surface area contributed by atoms with Crippen LogP contribution in [-0.2, 0) is 16.0 Å². The molecule has 1 aromatic rings. The van der Waals surface area contributed by atoms with Crippen molar-refractivity contribution in [1.82, 2.24) is 10.6 Å². The highest BCUT2D eigenvalue weighted by Crippen LogP contribution is 2.28. The zero-order valence-corrected chi connectivity index (χ0v) is 15.9. The quantitative estimate of drug-likeness (QED) is 0.274. The normalized spacial score (nSPS) is 14.2. The Balaban J connectivity index is 1.72. The molecule has 0 aliphatic heterocycles. The summed E-state index contributed by atoms with van der Waals surface area (Å²) in [5, 5.41) is 6.57. The van der Waals surface area contributed by atoms with Gasteiger partial charge in [0.25, 0.3) is 0 Å². The van der Waals surface area contributed by atoms with E-state index in [1.807, 2.05) is 19.1 Å². The van der Waals surface area contributed by atoms with Gasteiger partial charge in [-0.05, 0) is 56.7 Å². The smallest absolute Gasteiger partial charge is 0.338 e. The minimum Gasteiger partial charge on any atom is -0.462 e. The first-order valence-electron chi connectivity index (χ1n) is 9.59. The predicted octanol–water partition coefficient (Wildman–Crippen LogP) is 2.74. The molecule has 26 heavy (non-hydrogen) atoms. The number of nitrogens with zero attached hydrogens (tertiary/aromatic N) is 1. The van der Waals surface area contributed by atoms with E-state index in [9.17, 15) is 4.79 Å². The van der Waals surface area contributed by atoms with Crippen LogP contribution in [0.3, 0.4) is 0 Å². The molecule has 0 bridgehead atoms. The zero-order chi connectivity index (χ0) is 18.6. The Morgan fingerprint density at radius 2 is 1.96 bits per heavy atom. The summed E-state index contributed by atoms with van der Waals surface area (Å²) >= 11 is 0. The summed E-state index contributed by atoms with van der Waals surface area (Å²) in [7, 11) is 0. The van der Waals surface area contributed by atoms with Crippen molar-refractivity contribution in [2.75, 3.05) is 32.9 Å². The predicted molar refractivity (Wildman–Crippen MR) is 103 cm³/mol. The molecule has 0 aromatic heterocycles. The fourth-order valence-corrected chi connectivity index (χ4v) is 2.39. The molecule has 1 saturated carbocycles. The second-order valence-corrected chi connectivity index (χ2v) is 6.41. The van der Waals surface area contributed by atoms with E-state index < -0.39 is 0 Å². The van der Waals surface area contributed by atoms with Gasteiger partial charge in [0.05, 0.1) is 18.7 Å². The molecule has 0 unspecified atom stereocenters. The lowest BCUT2D eigenvalue weighted by atomic mass is 10.1. The van der Waals surface area contributed by atoms with E-state index in [0.717, 1.165) is 50.2 Å². The monoisotopic (exact) mass is 361 g/mol. The van der Waals surface area contributed by atoms with Crippen LogP contribution in [0.15, 0.2) is 29.3 Å². The van der Waals surface area contributed by atoms with Crippen molar-refractivity contribution in [2.24, 2.45) is 10.9 Å². The molecule has 0 spiro atoms. The average molecular weight is 361 g/mol. The van der Waals surface area contributed by atoms with Gasteiger partial charge in [-0.1, -0.05) is 12.1 Å². The third-order valence-corrected chi connectivity index (χ3v) is 4.04. The fraction of sp³-hybridized carbons (Fsp3) is 0.600. The SMILES string of the molecule is CCNC(=NCc1ccc(C(=O)OCC)cc1)NCCCOCC1CC1. The molecule has 144 valence electrons. The molecule has 0 saturated heterocycles. The highest BCUT2D eigenvalue weighted by atomic mass is 16.5. The molecule has 1 aliphatic rings. The molecule has 2 rings (SSSR count). The maximum absolute atomic E-state index is 11.7. The van der Waals surface area contributed by atoms with Crippen LogP contribution >= 0.6 is 0 Å². The Labute approximate surface area is 156 Å². The fourth-order valence-electron chi connectivity index (χ4n) is 2.39. The van der Waals surface area contributed by atoms with Gasteiger partial charge >= 0.3 is 5.97 Å². The van der Waals surface area contributed by atoms with Gasteiger partial charge in [-0.15, -0.1) is 0 Å². The van der Waals surface area contributed by atoms with Crippen LogP contribution in [0, 0.1) is 5.92 Å². The highest BCUT2D eigenvalue weighted by Gasteiger charge is 2.20. The van der Waals surface area contributed by atoms with Crippen molar-refractivity contribution in [3.63, 3.8) is 0 Å². The lowest BCUT2D eigenvalue weighted by Gasteiger charge is -2.11. The van der Waals surface area contributed by atoms with E-state index in [4.69, 9.17) is 9.47 Å². The van der Waals surface area contributed by atoms with Gasteiger partial charge in [0.15, 0.2) is 5.96 Å². The number of carbonyl (C=O) groups excluding carboxylic acids is 1. The number of ether oxygens (including phenoxy) is 2. The Morgan fingerprint density at radius 1 is 1.19 bits per heavy atom. The Bertz CT molecular complexity index is 568. The van der Waals surface area contributed by atoms with E-state index in [-0.39, 0.29) is 5.97 Å².